The minimum absolute atomic E-state index is 0.401. The summed E-state index contributed by atoms with van der Waals surface area (Å²) in [5.74, 6) is 0.681. The van der Waals surface area contributed by atoms with E-state index in [0.29, 0.717) is 12.0 Å². The fourth-order valence-corrected chi connectivity index (χ4v) is 2.32. The SMILES string of the molecule is CCCCC(CC)C(NCC)c1cncnc1. The number of aromatic nitrogens is 2. The highest BCUT2D eigenvalue weighted by molar-refractivity contribution is 5.10. The van der Waals surface area contributed by atoms with Gasteiger partial charge in [0.15, 0.2) is 0 Å². The van der Waals surface area contributed by atoms with E-state index < -0.39 is 0 Å². The summed E-state index contributed by atoms with van der Waals surface area (Å²) in [6, 6.07) is 0.401. The lowest BCUT2D eigenvalue weighted by molar-refractivity contribution is 0.326. The van der Waals surface area contributed by atoms with Gasteiger partial charge in [-0.15, -0.1) is 0 Å². The number of hydrogen-bond acceptors (Lipinski definition) is 3. The molecule has 3 nitrogen and oxygen atoms in total. The predicted molar refractivity (Wildman–Crippen MR) is 71.8 cm³/mol. The van der Waals surface area contributed by atoms with Gasteiger partial charge in [-0.3, -0.25) is 0 Å². The molecule has 0 aliphatic rings. The van der Waals surface area contributed by atoms with E-state index >= 15 is 0 Å². The maximum Gasteiger partial charge on any atom is 0.115 e. The van der Waals surface area contributed by atoms with Crippen molar-refractivity contribution in [3.63, 3.8) is 0 Å². The minimum Gasteiger partial charge on any atom is -0.310 e. The average molecular weight is 235 g/mol. The van der Waals surface area contributed by atoms with E-state index in [4.69, 9.17) is 0 Å². The van der Waals surface area contributed by atoms with Crippen molar-refractivity contribution in [1.82, 2.24) is 15.3 Å². The van der Waals surface area contributed by atoms with Gasteiger partial charge in [0, 0.05) is 24.0 Å². The molecule has 0 radical (unpaired) electrons. The highest BCUT2D eigenvalue weighted by atomic mass is 14.9. The predicted octanol–water partition coefficient (Wildman–Crippen LogP) is 3.34. The van der Waals surface area contributed by atoms with Crippen molar-refractivity contribution in [3.8, 4) is 0 Å². The number of rotatable bonds is 8. The van der Waals surface area contributed by atoms with E-state index in [1.807, 2.05) is 12.4 Å². The van der Waals surface area contributed by atoms with Crippen LogP contribution in [0.3, 0.4) is 0 Å². The van der Waals surface area contributed by atoms with Crippen LogP contribution in [0.1, 0.15) is 58.1 Å². The van der Waals surface area contributed by atoms with Crippen molar-refractivity contribution in [2.75, 3.05) is 6.54 Å². The van der Waals surface area contributed by atoms with Crippen LogP contribution < -0.4 is 5.32 Å². The summed E-state index contributed by atoms with van der Waals surface area (Å²) < 4.78 is 0. The van der Waals surface area contributed by atoms with Crippen LogP contribution in [-0.2, 0) is 0 Å². The highest BCUT2D eigenvalue weighted by Crippen LogP contribution is 2.28. The Morgan fingerprint density at radius 1 is 1.18 bits per heavy atom. The van der Waals surface area contributed by atoms with Crippen LogP contribution in [-0.4, -0.2) is 16.5 Å². The van der Waals surface area contributed by atoms with Gasteiger partial charge in [0.1, 0.15) is 6.33 Å². The summed E-state index contributed by atoms with van der Waals surface area (Å²) in [4.78, 5) is 8.27. The van der Waals surface area contributed by atoms with Crippen LogP contribution in [0, 0.1) is 5.92 Å². The van der Waals surface area contributed by atoms with Crippen LogP contribution >= 0.6 is 0 Å². The molecule has 0 saturated heterocycles. The first-order valence-corrected chi connectivity index (χ1v) is 6.81. The first kappa shape index (κ1) is 14.1. The Labute approximate surface area is 105 Å². The summed E-state index contributed by atoms with van der Waals surface area (Å²) in [6.07, 6.45) is 10.5. The minimum atomic E-state index is 0.401. The van der Waals surface area contributed by atoms with Crippen molar-refractivity contribution in [2.45, 2.75) is 52.5 Å². The normalized spacial score (nSPS) is 14.5. The summed E-state index contributed by atoms with van der Waals surface area (Å²) in [5.41, 5.74) is 1.22. The molecule has 1 aromatic rings. The summed E-state index contributed by atoms with van der Waals surface area (Å²) in [7, 11) is 0. The zero-order valence-corrected chi connectivity index (χ0v) is 11.3. The van der Waals surface area contributed by atoms with Gasteiger partial charge >= 0.3 is 0 Å². The van der Waals surface area contributed by atoms with Crippen molar-refractivity contribution in [1.29, 1.82) is 0 Å². The van der Waals surface area contributed by atoms with Gasteiger partial charge in [-0.1, -0.05) is 40.0 Å². The second-order valence-electron chi connectivity index (χ2n) is 4.52. The van der Waals surface area contributed by atoms with E-state index in [2.05, 4.69) is 36.1 Å². The molecule has 0 spiro atoms. The van der Waals surface area contributed by atoms with Crippen molar-refractivity contribution < 1.29 is 0 Å². The van der Waals surface area contributed by atoms with Gasteiger partial charge < -0.3 is 5.32 Å². The second-order valence-corrected chi connectivity index (χ2v) is 4.52. The fourth-order valence-electron chi connectivity index (χ4n) is 2.32. The Kier molecular flexibility index (Phi) is 6.78. The second kappa shape index (κ2) is 8.18. The Hall–Kier alpha value is -0.960. The third kappa shape index (κ3) is 4.43. The third-order valence-corrected chi connectivity index (χ3v) is 3.29. The van der Waals surface area contributed by atoms with Gasteiger partial charge in [0.05, 0.1) is 0 Å². The topological polar surface area (TPSA) is 37.8 Å². The monoisotopic (exact) mass is 235 g/mol. The van der Waals surface area contributed by atoms with Crippen molar-refractivity contribution >= 4 is 0 Å². The average Bonchev–Trinajstić information content (AvgIpc) is 2.39. The molecule has 3 heteroatoms. The van der Waals surface area contributed by atoms with Gasteiger partial charge in [-0.25, -0.2) is 9.97 Å². The molecule has 0 aliphatic carbocycles. The molecule has 0 fully saturated rings. The lowest BCUT2D eigenvalue weighted by Crippen LogP contribution is -2.28. The first-order valence-electron chi connectivity index (χ1n) is 6.81. The molecule has 0 bridgehead atoms. The highest BCUT2D eigenvalue weighted by Gasteiger charge is 2.20. The Bertz CT molecular complexity index is 287. The van der Waals surface area contributed by atoms with Gasteiger partial charge in [0.25, 0.3) is 0 Å². The van der Waals surface area contributed by atoms with Gasteiger partial charge in [-0.2, -0.15) is 0 Å². The van der Waals surface area contributed by atoms with E-state index in [9.17, 15) is 0 Å². The van der Waals surface area contributed by atoms with Crippen LogP contribution in [0.25, 0.3) is 0 Å². The number of hydrogen-bond donors (Lipinski definition) is 1. The van der Waals surface area contributed by atoms with Crippen molar-refractivity contribution in [3.05, 3.63) is 24.3 Å². The molecule has 1 N–H and O–H groups in total. The van der Waals surface area contributed by atoms with Crippen LogP contribution in [0.4, 0.5) is 0 Å². The van der Waals surface area contributed by atoms with Crippen LogP contribution in [0.2, 0.25) is 0 Å². The lowest BCUT2D eigenvalue weighted by Gasteiger charge is -2.27. The van der Waals surface area contributed by atoms with E-state index in [-0.39, 0.29) is 0 Å². The van der Waals surface area contributed by atoms with Gasteiger partial charge in [0.2, 0.25) is 0 Å². The molecule has 96 valence electrons. The molecule has 0 aliphatic heterocycles. The van der Waals surface area contributed by atoms with Gasteiger partial charge in [-0.05, 0) is 18.9 Å². The molecule has 0 amide bonds. The maximum absolute atomic E-state index is 4.13. The zero-order valence-electron chi connectivity index (χ0n) is 11.3. The Morgan fingerprint density at radius 3 is 2.41 bits per heavy atom. The van der Waals surface area contributed by atoms with Crippen LogP contribution in [0.5, 0.6) is 0 Å². The summed E-state index contributed by atoms with van der Waals surface area (Å²) >= 11 is 0. The molecule has 1 heterocycles. The Balaban J connectivity index is 2.75. The quantitative estimate of drug-likeness (QED) is 0.751. The van der Waals surface area contributed by atoms with E-state index in [1.165, 1.54) is 31.2 Å². The number of nitrogens with one attached hydrogen (secondary N) is 1. The molecule has 0 saturated carbocycles. The lowest BCUT2D eigenvalue weighted by atomic mass is 9.88. The summed E-state index contributed by atoms with van der Waals surface area (Å²) in [6.45, 7) is 7.67. The molecular formula is C14H25N3. The van der Waals surface area contributed by atoms with E-state index in [0.717, 1.165) is 6.54 Å². The molecule has 1 rings (SSSR count). The molecule has 2 unspecified atom stereocenters. The third-order valence-electron chi connectivity index (χ3n) is 3.29. The molecule has 2 atom stereocenters. The van der Waals surface area contributed by atoms with Crippen molar-refractivity contribution in [2.24, 2.45) is 5.92 Å². The van der Waals surface area contributed by atoms with E-state index in [1.54, 1.807) is 6.33 Å². The first-order chi connectivity index (χ1) is 8.33. The summed E-state index contributed by atoms with van der Waals surface area (Å²) in [5, 5.41) is 3.58. The zero-order chi connectivity index (χ0) is 12.5. The van der Waals surface area contributed by atoms with Crippen LogP contribution in [0.15, 0.2) is 18.7 Å². The Morgan fingerprint density at radius 2 is 1.88 bits per heavy atom. The smallest absolute Gasteiger partial charge is 0.115 e. The number of unbranched alkanes of at least 4 members (excludes halogenated alkanes) is 1. The molecule has 17 heavy (non-hydrogen) atoms. The largest absolute Gasteiger partial charge is 0.310 e. The molecular weight excluding hydrogens is 210 g/mol. The number of nitrogens with zero attached hydrogens (tertiary/aromatic N) is 2. The maximum atomic E-state index is 4.13. The molecule has 1 aromatic heterocycles. The molecule has 0 aromatic carbocycles. The standard InChI is InChI=1S/C14H25N3/c1-4-7-8-12(5-2)14(17-6-3)13-9-15-11-16-10-13/h9-12,14,17H,4-8H2,1-3H3. The fraction of sp³-hybridized carbons (Fsp3) is 0.714.